The Labute approximate surface area is 89.1 Å². The lowest BCUT2D eigenvalue weighted by molar-refractivity contribution is 0.0823. The molecule has 2 rings (SSSR count). The first-order valence-electron chi connectivity index (χ1n) is 5.22. The number of carbonyl (C=O) groups is 1. The maximum Gasteiger partial charge on any atom is 0.169 e. The summed E-state index contributed by atoms with van der Waals surface area (Å²) in [4.78, 5) is 13.4. The van der Waals surface area contributed by atoms with Crippen LogP contribution in [0, 0.1) is 12.3 Å². The Morgan fingerprint density at radius 3 is 2.57 bits per heavy atom. The van der Waals surface area contributed by atoms with Crippen molar-refractivity contribution in [3.05, 3.63) is 21.9 Å². The molecule has 0 atom stereocenters. The Kier molecular flexibility index (Phi) is 2.48. The van der Waals surface area contributed by atoms with Crippen LogP contribution in [0.4, 0.5) is 0 Å². The first-order valence-corrected chi connectivity index (χ1v) is 6.10. The molecule has 0 aliphatic heterocycles. The Balaban J connectivity index is 2.28. The molecule has 1 heterocycles. The second-order valence-electron chi connectivity index (χ2n) is 4.49. The first kappa shape index (κ1) is 9.91. The van der Waals surface area contributed by atoms with Gasteiger partial charge in [-0.05, 0) is 31.2 Å². The summed E-state index contributed by atoms with van der Waals surface area (Å²) in [6.07, 6.45) is 4.57. The lowest BCUT2D eigenvalue weighted by atomic mass is 9.81. The molecule has 1 fully saturated rings. The fourth-order valence-electron chi connectivity index (χ4n) is 2.33. The summed E-state index contributed by atoms with van der Waals surface area (Å²) in [5.41, 5.74) is 0.894. The zero-order chi connectivity index (χ0) is 10.2. The molecule has 1 aromatic heterocycles. The largest absolute Gasteiger partial charge is 0.294 e. The van der Waals surface area contributed by atoms with Crippen LogP contribution < -0.4 is 0 Å². The fraction of sp³-hybridized carbons (Fsp3) is 0.583. The lowest BCUT2D eigenvalue weighted by Gasteiger charge is -2.21. The third-order valence-corrected chi connectivity index (χ3v) is 4.20. The molecular formula is C12H16OS. The van der Waals surface area contributed by atoms with Crippen LogP contribution in [0.1, 0.15) is 47.8 Å². The summed E-state index contributed by atoms with van der Waals surface area (Å²) in [5, 5.41) is 2.01. The number of aryl methyl sites for hydroxylation is 1. The molecule has 0 amide bonds. The van der Waals surface area contributed by atoms with E-state index in [4.69, 9.17) is 0 Å². The monoisotopic (exact) mass is 208 g/mol. The van der Waals surface area contributed by atoms with Crippen molar-refractivity contribution >= 4 is 17.1 Å². The van der Waals surface area contributed by atoms with E-state index in [1.165, 1.54) is 17.7 Å². The molecule has 0 bridgehead atoms. The maximum absolute atomic E-state index is 12.3. The van der Waals surface area contributed by atoms with Crippen LogP contribution >= 0.6 is 11.3 Å². The molecule has 0 radical (unpaired) electrons. The van der Waals surface area contributed by atoms with Gasteiger partial charge >= 0.3 is 0 Å². The molecule has 76 valence electrons. The van der Waals surface area contributed by atoms with Gasteiger partial charge in [-0.3, -0.25) is 4.79 Å². The van der Waals surface area contributed by atoms with Crippen molar-refractivity contribution in [3.8, 4) is 0 Å². The number of carbonyl (C=O) groups excluding carboxylic acids is 1. The molecule has 1 aliphatic rings. The van der Waals surface area contributed by atoms with Crippen molar-refractivity contribution in [1.82, 2.24) is 0 Å². The average molecular weight is 208 g/mol. The number of Topliss-reactive ketones (excluding diaryl/α,β-unsaturated/α-hetero) is 1. The molecule has 0 unspecified atom stereocenters. The van der Waals surface area contributed by atoms with Gasteiger partial charge in [0.2, 0.25) is 0 Å². The first-order chi connectivity index (χ1) is 6.63. The minimum absolute atomic E-state index is 0.0637. The van der Waals surface area contributed by atoms with E-state index in [1.54, 1.807) is 11.3 Å². The molecule has 14 heavy (non-hydrogen) atoms. The summed E-state index contributed by atoms with van der Waals surface area (Å²) in [6.45, 7) is 4.16. The van der Waals surface area contributed by atoms with Gasteiger partial charge in [0.15, 0.2) is 5.78 Å². The molecule has 2 heteroatoms. The van der Waals surface area contributed by atoms with Crippen LogP contribution in [0.2, 0.25) is 0 Å². The number of hydrogen-bond donors (Lipinski definition) is 0. The van der Waals surface area contributed by atoms with Gasteiger partial charge in [0, 0.05) is 15.9 Å². The highest BCUT2D eigenvalue weighted by Crippen LogP contribution is 2.41. The van der Waals surface area contributed by atoms with Crippen molar-refractivity contribution in [1.29, 1.82) is 0 Å². The Morgan fingerprint density at radius 1 is 1.43 bits per heavy atom. The Hall–Kier alpha value is -0.630. The normalized spacial score (nSPS) is 19.9. The van der Waals surface area contributed by atoms with E-state index < -0.39 is 0 Å². The van der Waals surface area contributed by atoms with E-state index >= 15 is 0 Å². The standard InChI is InChI=1S/C12H16OS/c1-9-10(5-8-14-9)11(13)12(2)6-3-4-7-12/h5,8H,3-4,6-7H2,1-2H3. The maximum atomic E-state index is 12.3. The van der Waals surface area contributed by atoms with Gasteiger partial charge in [-0.25, -0.2) is 0 Å². The van der Waals surface area contributed by atoms with Crippen molar-refractivity contribution in [3.63, 3.8) is 0 Å². The fourth-order valence-corrected chi connectivity index (χ4v) is 3.02. The van der Waals surface area contributed by atoms with E-state index in [-0.39, 0.29) is 5.41 Å². The third kappa shape index (κ3) is 1.52. The van der Waals surface area contributed by atoms with Gasteiger partial charge in [-0.15, -0.1) is 11.3 Å². The van der Waals surface area contributed by atoms with Crippen LogP contribution in [0.25, 0.3) is 0 Å². The van der Waals surface area contributed by atoms with E-state index in [0.717, 1.165) is 18.4 Å². The Bertz CT molecular complexity index is 345. The summed E-state index contributed by atoms with van der Waals surface area (Å²) in [7, 11) is 0. The highest BCUT2D eigenvalue weighted by molar-refractivity contribution is 7.10. The summed E-state index contributed by atoms with van der Waals surface area (Å²) in [6, 6.07) is 1.98. The highest BCUT2D eigenvalue weighted by atomic mass is 32.1. The molecular weight excluding hydrogens is 192 g/mol. The van der Waals surface area contributed by atoms with E-state index in [1.807, 2.05) is 18.4 Å². The molecule has 0 saturated heterocycles. The second-order valence-corrected chi connectivity index (χ2v) is 5.61. The van der Waals surface area contributed by atoms with Crippen molar-refractivity contribution < 1.29 is 4.79 Å². The quantitative estimate of drug-likeness (QED) is 0.675. The second kappa shape index (κ2) is 3.50. The van der Waals surface area contributed by atoms with E-state index in [9.17, 15) is 4.79 Å². The van der Waals surface area contributed by atoms with E-state index in [2.05, 4.69) is 6.92 Å². The van der Waals surface area contributed by atoms with Crippen molar-refractivity contribution in [2.24, 2.45) is 5.41 Å². The third-order valence-electron chi connectivity index (χ3n) is 3.36. The minimum atomic E-state index is -0.0637. The van der Waals surface area contributed by atoms with Gasteiger partial charge in [0.25, 0.3) is 0 Å². The molecule has 0 spiro atoms. The molecule has 1 aliphatic carbocycles. The molecule has 1 aromatic rings. The Morgan fingerprint density at radius 2 is 2.07 bits per heavy atom. The van der Waals surface area contributed by atoms with Crippen LogP contribution in [-0.2, 0) is 0 Å². The highest BCUT2D eigenvalue weighted by Gasteiger charge is 2.37. The van der Waals surface area contributed by atoms with Crippen molar-refractivity contribution in [2.45, 2.75) is 39.5 Å². The smallest absolute Gasteiger partial charge is 0.169 e. The number of hydrogen-bond acceptors (Lipinski definition) is 2. The molecule has 1 saturated carbocycles. The molecule has 1 nitrogen and oxygen atoms in total. The van der Waals surface area contributed by atoms with E-state index in [0.29, 0.717) is 5.78 Å². The number of thiophene rings is 1. The van der Waals surface area contributed by atoms with Gasteiger partial charge in [-0.1, -0.05) is 19.8 Å². The zero-order valence-corrected chi connectivity index (χ0v) is 9.62. The molecule has 0 N–H and O–H groups in total. The van der Waals surface area contributed by atoms with Crippen LogP contribution in [-0.4, -0.2) is 5.78 Å². The predicted octanol–water partition coefficient (Wildman–Crippen LogP) is 3.82. The summed E-state index contributed by atoms with van der Waals surface area (Å²) in [5.74, 6) is 0.369. The topological polar surface area (TPSA) is 17.1 Å². The number of ketones is 1. The minimum Gasteiger partial charge on any atom is -0.294 e. The lowest BCUT2D eigenvalue weighted by Crippen LogP contribution is -2.24. The predicted molar refractivity (Wildman–Crippen MR) is 60.0 cm³/mol. The van der Waals surface area contributed by atoms with Crippen LogP contribution in [0.15, 0.2) is 11.4 Å². The van der Waals surface area contributed by atoms with Crippen LogP contribution in [0.5, 0.6) is 0 Å². The summed E-state index contributed by atoms with van der Waals surface area (Å²) >= 11 is 1.67. The zero-order valence-electron chi connectivity index (χ0n) is 8.80. The van der Waals surface area contributed by atoms with Crippen molar-refractivity contribution in [2.75, 3.05) is 0 Å². The van der Waals surface area contributed by atoms with Gasteiger partial charge < -0.3 is 0 Å². The van der Waals surface area contributed by atoms with Crippen LogP contribution in [0.3, 0.4) is 0 Å². The van der Waals surface area contributed by atoms with Gasteiger partial charge in [-0.2, -0.15) is 0 Å². The van der Waals surface area contributed by atoms with Gasteiger partial charge in [0.05, 0.1) is 0 Å². The molecule has 0 aromatic carbocycles. The van der Waals surface area contributed by atoms with Gasteiger partial charge in [0.1, 0.15) is 0 Å². The number of rotatable bonds is 2. The SMILES string of the molecule is Cc1sccc1C(=O)C1(C)CCCC1. The summed E-state index contributed by atoms with van der Waals surface area (Å²) < 4.78 is 0. The average Bonchev–Trinajstić information content (AvgIpc) is 2.74.